The van der Waals surface area contributed by atoms with Gasteiger partial charge in [-0.05, 0) is 48.9 Å². The fourth-order valence-electron chi connectivity index (χ4n) is 3.07. The SMILES string of the molecule is Cc1ccc(Cl)cc1-n1nc(C(=O)OCC(=O)c2ccccc2)nc1-c1ccc(Cl)cc1. The predicted molar refractivity (Wildman–Crippen MR) is 123 cm³/mol. The van der Waals surface area contributed by atoms with Gasteiger partial charge in [-0.2, -0.15) is 0 Å². The lowest BCUT2D eigenvalue weighted by atomic mass is 10.1. The zero-order valence-electron chi connectivity index (χ0n) is 17.0. The Morgan fingerprint density at radius 3 is 2.34 bits per heavy atom. The van der Waals surface area contributed by atoms with Crippen LogP contribution in [-0.2, 0) is 4.74 Å². The first kappa shape index (κ1) is 21.7. The Bertz CT molecular complexity index is 1290. The monoisotopic (exact) mass is 465 g/mol. The molecule has 0 aliphatic carbocycles. The van der Waals surface area contributed by atoms with Gasteiger partial charge in [-0.3, -0.25) is 4.79 Å². The molecule has 0 aliphatic rings. The van der Waals surface area contributed by atoms with E-state index >= 15 is 0 Å². The Kier molecular flexibility index (Phi) is 6.35. The fourth-order valence-corrected chi connectivity index (χ4v) is 3.36. The highest BCUT2D eigenvalue weighted by Crippen LogP contribution is 2.26. The van der Waals surface area contributed by atoms with Gasteiger partial charge in [0.2, 0.25) is 0 Å². The van der Waals surface area contributed by atoms with Crippen LogP contribution in [-0.4, -0.2) is 33.1 Å². The quantitative estimate of drug-likeness (QED) is 0.274. The van der Waals surface area contributed by atoms with Gasteiger partial charge in [-0.1, -0.05) is 59.6 Å². The molecule has 32 heavy (non-hydrogen) atoms. The van der Waals surface area contributed by atoms with E-state index in [1.54, 1.807) is 66.7 Å². The average molecular weight is 466 g/mol. The molecular weight excluding hydrogens is 449 g/mol. The molecular formula is C24H17Cl2N3O3. The van der Waals surface area contributed by atoms with Gasteiger partial charge >= 0.3 is 5.97 Å². The third-order valence-electron chi connectivity index (χ3n) is 4.72. The second-order valence-corrected chi connectivity index (χ2v) is 7.85. The first-order valence-electron chi connectivity index (χ1n) is 9.67. The maximum atomic E-state index is 12.7. The summed E-state index contributed by atoms with van der Waals surface area (Å²) in [5, 5.41) is 5.44. The predicted octanol–water partition coefficient (Wildman–Crippen LogP) is 5.59. The molecule has 0 amide bonds. The molecule has 4 aromatic rings. The Labute approximate surface area is 194 Å². The van der Waals surface area contributed by atoms with Crippen LogP contribution in [0.5, 0.6) is 0 Å². The summed E-state index contributed by atoms with van der Waals surface area (Å²) in [6.45, 7) is 1.49. The molecule has 0 aliphatic heterocycles. The van der Waals surface area contributed by atoms with Gasteiger partial charge in [0.05, 0.1) is 5.69 Å². The van der Waals surface area contributed by atoms with E-state index in [1.165, 1.54) is 4.68 Å². The number of carbonyl (C=O) groups excluding carboxylic acids is 2. The summed E-state index contributed by atoms with van der Waals surface area (Å²) in [7, 11) is 0. The van der Waals surface area contributed by atoms with Crippen molar-refractivity contribution in [1.82, 2.24) is 14.8 Å². The van der Waals surface area contributed by atoms with E-state index in [0.717, 1.165) is 5.56 Å². The van der Waals surface area contributed by atoms with Gasteiger partial charge in [-0.15, -0.1) is 5.10 Å². The number of nitrogens with zero attached hydrogens (tertiary/aromatic N) is 3. The van der Waals surface area contributed by atoms with Crippen molar-refractivity contribution in [3.63, 3.8) is 0 Å². The van der Waals surface area contributed by atoms with Crippen molar-refractivity contribution in [2.45, 2.75) is 6.92 Å². The summed E-state index contributed by atoms with van der Waals surface area (Å²) < 4.78 is 6.71. The first-order valence-corrected chi connectivity index (χ1v) is 10.4. The van der Waals surface area contributed by atoms with Crippen LogP contribution in [0.3, 0.4) is 0 Å². The minimum Gasteiger partial charge on any atom is -0.451 e. The van der Waals surface area contributed by atoms with Gasteiger partial charge in [0.25, 0.3) is 5.82 Å². The Hall–Kier alpha value is -3.48. The molecule has 0 unspecified atom stereocenters. The number of hydrogen-bond acceptors (Lipinski definition) is 5. The zero-order valence-corrected chi connectivity index (χ0v) is 18.5. The number of ketones is 1. The third-order valence-corrected chi connectivity index (χ3v) is 5.21. The molecule has 0 fully saturated rings. The van der Waals surface area contributed by atoms with E-state index in [1.807, 2.05) is 13.0 Å². The highest BCUT2D eigenvalue weighted by molar-refractivity contribution is 6.31. The van der Waals surface area contributed by atoms with Gasteiger partial charge in [0.1, 0.15) is 0 Å². The van der Waals surface area contributed by atoms with Crippen LogP contribution in [0.1, 0.15) is 26.5 Å². The minimum absolute atomic E-state index is 0.171. The number of carbonyl (C=O) groups is 2. The second-order valence-electron chi connectivity index (χ2n) is 6.97. The largest absolute Gasteiger partial charge is 0.451 e. The van der Waals surface area contributed by atoms with E-state index in [4.69, 9.17) is 27.9 Å². The summed E-state index contributed by atoms with van der Waals surface area (Å²) in [5.41, 5.74) is 2.69. The van der Waals surface area contributed by atoms with Gasteiger partial charge < -0.3 is 4.74 Å². The fraction of sp³-hybridized carbons (Fsp3) is 0.0833. The zero-order chi connectivity index (χ0) is 22.7. The number of ether oxygens (including phenoxy) is 1. The van der Waals surface area contributed by atoms with Crippen molar-refractivity contribution in [2.24, 2.45) is 0 Å². The smallest absolute Gasteiger partial charge is 0.378 e. The molecule has 160 valence electrons. The molecule has 0 N–H and O–H groups in total. The summed E-state index contributed by atoms with van der Waals surface area (Å²) in [6.07, 6.45) is 0. The summed E-state index contributed by atoms with van der Waals surface area (Å²) in [4.78, 5) is 29.3. The van der Waals surface area contributed by atoms with Crippen molar-refractivity contribution in [1.29, 1.82) is 0 Å². The highest BCUT2D eigenvalue weighted by Gasteiger charge is 2.22. The number of Topliss-reactive ketones (excluding diaryl/α,β-unsaturated/α-hetero) is 1. The molecule has 6 nitrogen and oxygen atoms in total. The molecule has 0 radical (unpaired) electrons. The molecule has 0 bridgehead atoms. The Morgan fingerprint density at radius 1 is 0.938 bits per heavy atom. The lowest BCUT2D eigenvalue weighted by molar-refractivity contribution is 0.0462. The topological polar surface area (TPSA) is 74.1 Å². The van der Waals surface area contributed by atoms with Crippen LogP contribution in [0.2, 0.25) is 10.0 Å². The van der Waals surface area contributed by atoms with Crippen LogP contribution in [0, 0.1) is 6.92 Å². The van der Waals surface area contributed by atoms with Crippen molar-refractivity contribution in [2.75, 3.05) is 6.61 Å². The van der Waals surface area contributed by atoms with Crippen molar-refractivity contribution < 1.29 is 14.3 Å². The minimum atomic E-state index is -0.803. The second kappa shape index (κ2) is 9.34. The molecule has 0 spiro atoms. The van der Waals surface area contributed by atoms with Gasteiger partial charge in [-0.25, -0.2) is 14.5 Å². The van der Waals surface area contributed by atoms with Crippen molar-refractivity contribution in [3.05, 3.63) is 99.8 Å². The Balaban J connectivity index is 1.67. The van der Waals surface area contributed by atoms with Crippen molar-refractivity contribution in [3.8, 4) is 17.1 Å². The number of benzene rings is 3. The molecule has 4 rings (SSSR count). The van der Waals surface area contributed by atoms with Crippen LogP contribution in [0.25, 0.3) is 17.1 Å². The first-order chi connectivity index (χ1) is 15.4. The maximum absolute atomic E-state index is 12.7. The molecule has 1 aromatic heterocycles. The van der Waals surface area contributed by atoms with E-state index in [2.05, 4.69) is 10.1 Å². The van der Waals surface area contributed by atoms with Crippen LogP contribution >= 0.6 is 23.2 Å². The number of aryl methyl sites for hydroxylation is 1. The average Bonchev–Trinajstić information content (AvgIpc) is 3.25. The summed E-state index contributed by atoms with van der Waals surface area (Å²) in [6, 6.07) is 20.9. The molecule has 8 heteroatoms. The van der Waals surface area contributed by atoms with E-state index in [0.29, 0.717) is 32.7 Å². The van der Waals surface area contributed by atoms with Crippen LogP contribution < -0.4 is 0 Å². The maximum Gasteiger partial charge on any atom is 0.378 e. The highest BCUT2D eigenvalue weighted by atomic mass is 35.5. The molecule has 0 atom stereocenters. The molecule has 1 heterocycles. The van der Waals surface area contributed by atoms with Crippen LogP contribution in [0.4, 0.5) is 0 Å². The number of esters is 1. The lowest BCUT2D eigenvalue weighted by Gasteiger charge is -2.09. The van der Waals surface area contributed by atoms with Crippen molar-refractivity contribution >= 4 is 35.0 Å². The molecule has 0 saturated heterocycles. The summed E-state index contributed by atoms with van der Waals surface area (Å²) in [5.74, 6) is -0.881. The Morgan fingerprint density at radius 2 is 1.62 bits per heavy atom. The number of aromatic nitrogens is 3. The van der Waals surface area contributed by atoms with Gasteiger partial charge in [0, 0.05) is 21.2 Å². The number of halogens is 2. The van der Waals surface area contributed by atoms with Crippen LogP contribution in [0.15, 0.2) is 72.8 Å². The third kappa shape index (κ3) is 4.72. The standard InChI is InChI=1S/C24H17Cl2N3O3/c1-15-7-10-19(26)13-20(15)29-23(17-8-11-18(25)12-9-17)27-22(28-29)24(31)32-14-21(30)16-5-3-2-4-6-16/h2-13H,14H2,1H3. The van der Waals surface area contributed by atoms with E-state index in [9.17, 15) is 9.59 Å². The number of rotatable bonds is 6. The van der Waals surface area contributed by atoms with Gasteiger partial charge in [0.15, 0.2) is 18.2 Å². The normalized spacial score (nSPS) is 10.7. The van der Waals surface area contributed by atoms with E-state index in [-0.39, 0.29) is 11.6 Å². The lowest BCUT2D eigenvalue weighted by Crippen LogP contribution is -2.15. The number of hydrogen-bond donors (Lipinski definition) is 0. The van der Waals surface area contributed by atoms with E-state index < -0.39 is 12.6 Å². The molecule has 3 aromatic carbocycles. The molecule has 0 saturated carbocycles. The summed E-state index contributed by atoms with van der Waals surface area (Å²) >= 11 is 12.2.